The molecule has 0 unspecified atom stereocenters. The van der Waals surface area contributed by atoms with Gasteiger partial charge in [-0.2, -0.15) is 0 Å². The zero-order valence-corrected chi connectivity index (χ0v) is 12.9. The highest BCUT2D eigenvalue weighted by Gasteiger charge is 2.17. The molecule has 0 atom stereocenters. The van der Waals surface area contributed by atoms with E-state index in [0.717, 1.165) is 29.7 Å². The minimum Gasteiger partial charge on any atom is -0.497 e. The van der Waals surface area contributed by atoms with Gasteiger partial charge in [-0.1, -0.05) is 6.07 Å². The molecule has 2 heterocycles. The Morgan fingerprint density at radius 1 is 1.18 bits per heavy atom. The van der Waals surface area contributed by atoms with Gasteiger partial charge in [-0.05, 0) is 36.6 Å². The first-order chi connectivity index (χ1) is 10.6. The van der Waals surface area contributed by atoms with E-state index in [9.17, 15) is 4.79 Å². The van der Waals surface area contributed by atoms with Crippen LogP contribution >= 0.6 is 0 Å². The van der Waals surface area contributed by atoms with Crippen LogP contribution in [0.3, 0.4) is 0 Å². The van der Waals surface area contributed by atoms with Crippen LogP contribution in [-0.2, 0) is 9.47 Å². The molecule has 2 aromatic rings. The molecular formula is C17H18N2O3. The third-order valence-corrected chi connectivity index (χ3v) is 3.80. The van der Waals surface area contributed by atoms with Crippen molar-refractivity contribution in [2.24, 2.45) is 0 Å². The van der Waals surface area contributed by atoms with Crippen molar-refractivity contribution in [1.82, 2.24) is 9.38 Å². The van der Waals surface area contributed by atoms with Gasteiger partial charge in [0.1, 0.15) is 11.4 Å². The van der Waals surface area contributed by atoms with E-state index in [1.54, 1.807) is 30.9 Å². The van der Waals surface area contributed by atoms with Crippen LogP contribution in [0.1, 0.15) is 24.1 Å². The van der Waals surface area contributed by atoms with E-state index in [1.165, 1.54) is 0 Å². The van der Waals surface area contributed by atoms with E-state index >= 15 is 0 Å². The number of hydrogen-bond acceptors (Lipinski definition) is 4. The minimum atomic E-state index is -0.0786. The van der Waals surface area contributed by atoms with Crippen LogP contribution in [0.5, 0.6) is 0 Å². The van der Waals surface area contributed by atoms with E-state index in [4.69, 9.17) is 9.47 Å². The molecule has 114 valence electrons. The van der Waals surface area contributed by atoms with Crippen molar-refractivity contribution in [1.29, 1.82) is 0 Å². The highest BCUT2D eigenvalue weighted by Crippen LogP contribution is 2.29. The predicted octanol–water partition coefficient (Wildman–Crippen LogP) is 2.68. The van der Waals surface area contributed by atoms with Crippen LogP contribution < -0.4 is 5.56 Å². The number of aromatic nitrogens is 2. The second-order valence-electron chi connectivity index (χ2n) is 5.28. The van der Waals surface area contributed by atoms with Gasteiger partial charge in [0, 0.05) is 18.7 Å². The zero-order chi connectivity index (χ0) is 15.7. The summed E-state index contributed by atoms with van der Waals surface area (Å²) in [6, 6.07) is 5.38. The Labute approximate surface area is 128 Å². The number of ether oxygens (including phenoxy) is 2. The number of allylic oxidation sites excluding steroid dienone is 3. The smallest absolute Gasteiger partial charge is 0.258 e. The number of hydrogen-bond donors (Lipinski definition) is 0. The van der Waals surface area contributed by atoms with E-state index in [1.807, 2.05) is 25.1 Å². The lowest BCUT2D eigenvalue weighted by Gasteiger charge is -2.18. The fourth-order valence-electron chi connectivity index (χ4n) is 2.63. The van der Waals surface area contributed by atoms with Gasteiger partial charge in [-0.3, -0.25) is 9.20 Å². The van der Waals surface area contributed by atoms with Gasteiger partial charge >= 0.3 is 0 Å². The maximum absolute atomic E-state index is 12.3. The van der Waals surface area contributed by atoms with Crippen LogP contribution in [0.2, 0.25) is 0 Å². The van der Waals surface area contributed by atoms with Gasteiger partial charge < -0.3 is 9.47 Å². The van der Waals surface area contributed by atoms with Crippen molar-refractivity contribution < 1.29 is 9.47 Å². The molecule has 0 aromatic carbocycles. The molecule has 0 amide bonds. The molecule has 0 bridgehead atoms. The lowest BCUT2D eigenvalue weighted by atomic mass is 9.99. The standard InChI is InChI=1S/C17H18N2O3/c1-11-4-7-16-18-13(9-17(20)19(16)10-11)12-5-6-14(21-2)15(8-12)22-3/h4,7-10H,5-6H2,1-3H3. The lowest BCUT2D eigenvalue weighted by molar-refractivity contribution is 0.219. The summed E-state index contributed by atoms with van der Waals surface area (Å²) in [5.74, 6) is 1.51. The van der Waals surface area contributed by atoms with Crippen LogP contribution in [-0.4, -0.2) is 23.6 Å². The van der Waals surface area contributed by atoms with Crippen molar-refractivity contribution in [3.05, 3.63) is 63.6 Å². The summed E-state index contributed by atoms with van der Waals surface area (Å²) in [6.07, 6.45) is 5.20. The quantitative estimate of drug-likeness (QED) is 0.874. The largest absolute Gasteiger partial charge is 0.497 e. The maximum atomic E-state index is 12.3. The summed E-state index contributed by atoms with van der Waals surface area (Å²) < 4.78 is 12.2. The molecular weight excluding hydrogens is 280 g/mol. The SMILES string of the molecule is COC1=C(OC)CCC(c2cc(=O)n3cc(C)ccc3n2)=C1. The molecule has 22 heavy (non-hydrogen) atoms. The highest BCUT2D eigenvalue weighted by molar-refractivity contribution is 5.68. The average Bonchev–Trinajstić information content (AvgIpc) is 2.54. The molecule has 0 aliphatic heterocycles. The van der Waals surface area contributed by atoms with Gasteiger partial charge in [0.25, 0.3) is 5.56 Å². The highest BCUT2D eigenvalue weighted by atomic mass is 16.5. The number of rotatable bonds is 3. The van der Waals surface area contributed by atoms with Crippen molar-refractivity contribution in [3.8, 4) is 0 Å². The topological polar surface area (TPSA) is 52.8 Å². The van der Waals surface area contributed by atoms with E-state index in [-0.39, 0.29) is 5.56 Å². The van der Waals surface area contributed by atoms with Crippen molar-refractivity contribution in [2.45, 2.75) is 19.8 Å². The summed E-state index contributed by atoms with van der Waals surface area (Å²) in [5, 5.41) is 0. The Morgan fingerprint density at radius 3 is 2.73 bits per heavy atom. The van der Waals surface area contributed by atoms with Gasteiger partial charge in [0.2, 0.25) is 0 Å². The Kier molecular flexibility index (Phi) is 3.71. The molecule has 0 N–H and O–H groups in total. The fraction of sp³-hybridized carbons (Fsp3) is 0.294. The molecule has 5 heteroatoms. The van der Waals surface area contributed by atoms with Crippen molar-refractivity contribution in [2.75, 3.05) is 14.2 Å². The Bertz CT molecular complexity index is 847. The number of pyridine rings is 1. The monoisotopic (exact) mass is 298 g/mol. The van der Waals surface area contributed by atoms with Gasteiger partial charge in [0.05, 0.1) is 19.9 Å². The molecule has 0 saturated heterocycles. The normalized spacial score (nSPS) is 15.0. The van der Waals surface area contributed by atoms with E-state index in [0.29, 0.717) is 17.1 Å². The third kappa shape index (κ3) is 2.50. The van der Waals surface area contributed by atoms with Gasteiger partial charge in [0.15, 0.2) is 5.76 Å². The first-order valence-corrected chi connectivity index (χ1v) is 7.14. The Hall–Kier alpha value is -2.56. The lowest BCUT2D eigenvalue weighted by Crippen LogP contribution is -2.16. The summed E-state index contributed by atoms with van der Waals surface area (Å²) >= 11 is 0. The van der Waals surface area contributed by atoms with Crippen LogP contribution in [0.15, 0.2) is 46.8 Å². The Balaban J connectivity index is 2.12. The first-order valence-electron chi connectivity index (χ1n) is 7.14. The summed E-state index contributed by atoms with van der Waals surface area (Å²) in [4.78, 5) is 16.9. The molecule has 3 rings (SSSR count). The average molecular weight is 298 g/mol. The summed E-state index contributed by atoms with van der Waals surface area (Å²) in [7, 11) is 3.25. The van der Waals surface area contributed by atoms with Crippen molar-refractivity contribution in [3.63, 3.8) is 0 Å². The second kappa shape index (κ2) is 5.67. The van der Waals surface area contributed by atoms with Crippen LogP contribution in [0.4, 0.5) is 0 Å². The van der Waals surface area contributed by atoms with Crippen LogP contribution in [0, 0.1) is 6.92 Å². The molecule has 0 radical (unpaired) electrons. The molecule has 2 aromatic heterocycles. The molecule has 0 saturated carbocycles. The summed E-state index contributed by atoms with van der Waals surface area (Å²) in [6.45, 7) is 1.95. The third-order valence-electron chi connectivity index (χ3n) is 3.80. The molecule has 0 spiro atoms. The molecule has 5 nitrogen and oxygen atoms in total. The second-order valence-corrected chi connectivity index (χ2v) is 5.28. The van der Waals surface area contributed by atoms with Gasteiger partial charge in [-0.25, -0.2) is 4.98 Å². The van der Waals surface area contributed by atoms with Crippen molar-refractivity contribution >= 4 is 11.2 Å². The van der Waals surface area contributed by atoms with E-state index < -0.39 is 0 Å². The van der Waals surface area contributed by atoms with Gasteiger partial charge in [-0.15, -0.1) is 0 Å². The molecule has 1 aliphatic rings. The molecule has 0 fully saturated rings. The number of nitrogens with zero attached hydrogens (tertiary/aromatic N) is 2. The van der Waals surface area contributed by atoms with E-state index in [2.05, 4.69) is 4.98 Å². The minimum absolute atomic E-state index is 0.0786. The first kappa shape index (κ1) is 14.4. The Morgan fingerprint density at radius 2 is 2.00 bits per heavy atom. The number of aryl methyl sites for hydroxylation is 1. The van der Waals surface area contributed by atoms with Crippen LogP contribution in [0.25, 0.3) is 11.2 Å². The molecule has 1 aliphatic carbocycles. The summed E-state index contributed by atoms with van der Waals surface area (Å²) in [5.41, 5.74) is 3.27. The zero-order valence-electron chi connectivity index (χ0n) is 12.9. The number of methoxy groups -OCH3 is 2. The number of fused-ring (bicyclic) bond motifs is 1. The predicted molar refractivity (Wildman–Crippen MR) is 84.5 cm³/mol. The fourth-order valence-corrected chi connectivity index (χ4v) is 2.63. The maximum Gasteiger partial charge on any atom is 0.258 e.